The van der Waals surface area contributed by atoms with Gasteiger partial charge in [-0.25, -0.2) is 4.98 Å². The fourth-order valence-electron chi connectivity index (χ4n) is 2.98. The predicted octanol–water partition coefficient (Wildman–Crippen LogP) is 4.17. The molecule has 1 aromatic carbocycles. The largest absolute Gasteiger partial charge is 0.355 e. The molecule has 1 aliphatic carbocycles. The van der Waals surface area contributed by atoms with Gasteiger partial charge in [-0.1, -0.05) is 6.07 Å². The van der Waals surface area contributed by atoms with Crippen molar-refractivity contribution in [1.82, 2.24) is 10.3 Å². The van der Waals surface area contributed by atoms with Gasteiger partial charge in [0.05, 0.1) is 10.8 Å². The van der Waals surface area contributed by atoms with Crippen LogP contribution in [0.1, 0.15) is 41.1 Å². The lowest BCUT2D eigenvalue weighted by molar-refractivity contribution is -0.118. The van der Waals surface area contributed by atoms with Crippen LogP contribution in [0.15, 0.2) is 28.5 Å². The summed E-state index contributed by atoms with van der Waals surface area (Å²) < 4.78 is 0. The number of carbonyl (C=O) groups is 1. The molecule has 0 atom stereocenters. The first-order chi connectivity index (χ1) is 11.7. The number of unbranched alkanes of at least 4 members (excludes halogenated alkanes) is 1. The maximum atomic E-state index is 11.9. The number of hydrogen-bond acceptors (Lipinski definition) is 4. The van der Waals surface area contributed by atoms with E-state index >= 15 is 0 Å². The van der Waals surface area contributed by atoms with Crippen LogP contribution in [0.25, 0.3) is 0 Å². The Kier molecular flexibility index (Phi) is 6.32. The summed E-state index contributed by atoms with van der Waals surface area (Å²) in [5, 5.41) is 6.31. The molecule has 0 saturated heterocycles. The molecule has 0 saturated carbocycles. The van der Waals surface area contributed by atoms with Crippen molar-refractivity contribution in [2.24, 2.45) is 0 Å². The Morgan fingerprint density at radius 2 is 2.17 bits per heavy atom. The van der Waals surface area contributed by atoms with Gasteiger partial charge in [0.25, 0.3) is 0 Å². The van der Waals surface area contributed by atoms with E-state index in [9.17, 15) is 4.79 Å². The van der Waals surface area contributed by atoms with Gasteiger partial charge in [-0.2, -0.15) is 0 Å². The minimum atomic E-state index is 0.130. The van der Waals surface area contributed by atoms with E-state index in [-0.39, 0.29) is 5.91 Å². The fourth-order valence-corrected chi connectivity index (χ4v) is 4.59. The van der Waals surface area contributed by atoms with Crippen molar-refractivity contribution in [3.63, 3.8) is 0 Å². The molecule has 24 heavy (non-hydrogen) atoms. The average Bonchev–Trinajstić information content (AvgIpc) is 3.20. The van der Waals surface area contributed by atoms with Crippen molar-refractivity contribution in [1.29, 1.82) is 0 Å². The summed E-state index contributed by atoms with van der Waals surface area (Å²) >= 11 is 3.36. The van der Waals surface area contributed by atoms with Gasteiger partial charge in [0.2, 0.25) is 5.91 Å². The van der Waals surface area contributed by atoms with Crippen LogP contribution in [0, 0.1) is 6.92 Å². The second-order valence-corrected chi connectivity index (χ2v) is 8.25. The zero-order valence-corrected chi connectivity index (χ0v) is 15.8. The summed E-state index contributed by atoms with van der Waals surface area (Å²) in [6, 6.07) is 6.64. The third-order valence-electron chi connectivity index (χ3n) is 4.25. The minimum absolute atomic E-state index is 0.130. The van der Waals surface area contributed by atoms with Crippen molar-refractivity contribution >= 4 is 29.0 Å². The van der Waals surface area contributed by atoms with Crippen LogP contribution in [0.4, 0.5) is 0 Å². The van der Waals surface area contributed by atoms with Crippen molar-refractivity contribution in [2.45, 2.75) is 50.3 Å². The molecule has 2 aromatic rings. The van der Waals surface area contributed by atoms with Crippen molar-refractivity contribution in [2.75, 3.05) is 12.3 Å². The predicted molar refractivity (Wildman–Crippen MR) is 102 cm³/mol. The third-order valence-corrected chi connectivity index (χ3v) is 6.27. The highest BCUT2D eigenvalue weighted by Gasteiger charge is 2.11. The monoisotopic (exact) mass is 360 g/mol. The quantitative estimate of drug-likeness (QED) is 0.567. The van der Waals surface area contributed by atoms with Gasteiger partial charge in [-0.15, -0.1) is 23.1 Å². The molecular weight excluding hydrogens is 336 g/mol. The number of thiazole rings is 1. The second kappa shape index (κ2) is 8.67. The lowest BCUT2D eigenvalue weighted by atomic mass is 10.1. The Balaban J connectivity index is 1.30. The van der Waals surface area contributed by atoms with Gasteiger partial charge in [0.1, 0.15) is 0 Å². The number of fused-ring (bicyclic) bond motifs is 1. The van der Waals surface area contributed by atoms with Crippen LogP contribution < -0.4 is 5.32 Å². The number of nitrogens with zero attached hydrogens (tertiary/aromatic N) is 1. The number of carbonyl (C=O) groups excluding carboxylic acids is 1. The topological polar surface area (TPSA) is 42.0 Å². The van der Waals surface area contributed by atoms with Crippen LogP contribution in [-0.2, 0) is 24.1 Å². The lowest BCUT2D eigenvalue weighted by Crippen LogP contribution is -2.26. The average molecular weight is 361 g/mol. The highest BCUT2D eigenvalue weighted by Crippen LogP contribution is 2.27. The molecule has 5 heteroatoms. The van der Waals surface area contributed by atoms with Gasteiger partial charge in [-0.3, -0.25) is 4.79 Å². The van der Waals surface area contributed by atoms with E-state index in [4.69, 9.17) is 0 Å². The van der Waals surface area contributed by atoms with Gasteiger partial charge in [0, 0.05) is 22.5 Å². The Hall–Kier alpha value is -1.33. The maximum Gasteiger partial charge on any atom is 0.230 e. The van der Waals surface area contributed by atoms with E-state index in [1.165, 1.54) is 40.3 Å². The Morgan fingerprint density at radius 3 is 3.00 bits per heavy atom. The summed E-state index contributed by atoms with van der Waals surface area (Å²) in [6.45, 7) is 2.78. The number of amides is 1. The first kappa shape index (κ1) is 17.5. The molecule has 0 aliphatic heterocycles. The first-order valence-corrected chi connectivity index (χ1v) is 10.5. The zero-order chi connectivity index (χ0) is 16.8. The van der Waals surface area contributed by atoms with Crippen molar-refractivity contribution in [3.8, 4) is 0 Å². The number of rotatable bonds is 8. The first-order valence-electron chi connectivity index (χ1n) is 8.63. The molecule has 1 heterocycles. The molecule has 1 N–H and O–H groups in total. The summed E-state index contributed by atoms with van der Waals surface area (Å²) in [6.07, 6.45) is 6.76. The SMILES string of the molecule is Cc1csc(CCCCNC(=O)CSc2ccc3c(c2)CCC3)n1. The van der Waals surface area contributed by atoms with Gasteiger partial charge in [-0.05, 0) is 68.7 Å². The molecule has 1 aromatic heterocycles. The standard InChI is InChI=1S/C19H24N2OS2/c1-14-12-24-19(21-14)7-2-3-10-20-18(22)13-23-17-9-8-15-5-4-6-16(15)11-17/h8-9,11-12H,2-7,10,13H2,1H3,(H,20,22). The Morgan fingerprint density at radius 1 is 1.29 bits per heavy atom. The van der Waals surface area contributed by atoms with Gasteiger partial charge >= 0.3 is 0 Å². The molecule has 0 radical (unpaired) electrons. The van der Waals surface area contributed by atoms with E-state index in [2.05, 4.69) is 33.9 Å². The minimum Gasteiger partial charge on any atom is -0.355 e. The number of aromatic nitrogens is 1. The smallest absolute Gasteiger partial charge is 0.230 e. The molecule has 1 aliphatic rings. The van der Waals surface area contributed by atoms with E-state index in [1.54, 1.807) is 23.1 Å². The Labute approximate surface area is 152 Å². The molecule has 0 spiro atoms. The van der Waals surface area contributed by atoms with E-state index in [0.717, 1.165) is 31.5 Å². The summed E-state index contributed by atoms with van der Waals surface area (Å²) in [7, 11) is 0. The van der Waals surface area contributed by atoms with Crippen LogP contribution in [0.5, 0.6) is 0 Å². The molecule has 0 bridgehead atoms. The zero-order valence-electron chi connectivity index (χ0n) is 14.1. The molecule has 3 nitrogen and oxygen atoms in total. The fraction of sp³-hybridized carbons (Fsp3) is 0.474. The second-order valence-electron chi connectivity index (χ2n) is 6.26. The maximum absolute atomic E-state index is 11.9. The molecular formula is C19H24N2OS2. The van der Waals surface area contributed by atoms with Crippen molar-refractivity contribution in [3.05, 3.63) is 45.4 Å². The highest BCUT2D eigenvalue weighted by molar-refractivity contribution is 8.00. The van der Waals surface area contributed by atoms with E-state index in [0.29, 0.717) is 5.75 Å². The number of benzene rings is 1. The number of thioether (sulfide) groups is 1. The summed E-state index contributed by atoms with van der Waals surface area (Å²) in [5.41, 5.74) is 4.06. The number of nitrogens with one attached hydrogen (secondary N) is 1. The van der Waals surface area contributed by atoms with Gasteiger partial charge in [0.15, 0.2) is 0 Å². The van der Waals surface area contributed by atoms with Crippen molar-refractivity contribution < 1.29 is 4.79 Å². The van der Waals surface area contributed by atoms with E-state index in [1.807, 2.05) is 6.92 Å². The molecule has 128 valence electrons. The number of hydrogen-bond donors (Lipinski definition) is 1. The summed E-state index contributed by atoms with van der Waals surface area (Å²) in [5.74, 6) is 0.635. The highest BCUT2D eigenvalue weighted by atomic mass is 32.2. The summed E-state index contributed by atoms with van der Waals surface area (Å²) in [4.78, 5) is 17.6. The van der Waals surface area contributed by atoms with Crippen LogP contribution >= 0.6 is 23.1 Å². The van der Waals surface area contributed by atoms with Crippen LogP contribution in [0.3, 0.4) is 0 Å². The van der Waals surface area contributed by atoms with E-state index < -0.39 is 0 Å². The number of aryl methyl sites for hydroxylation is 4. The normalized spacial score (nSPS) is 13.0. The van der Waals surface area contributed by atoms with Crippen LogP contribution in [-0.4, -0.2) is 23.2 Å². The molecule has 0 fully saturated rings. The third kappa shape index (κ3) is 5.08. The van der Waals surface area contributed by atoms with Gasteiger partial charge < -0.3 is 5.32 Å². The van der Waals surface area contributed by atoms with Crippen LogP contribution in [0.2, 0.25) is 0 Å². The molecule has 3 rings (SSSR count). The lowest BCUT2D eigenvalue weighted by Gasteiger charge is -2.06. The molecule has 1 amide bonds. The Bertz CT molecular complexity index is 696. The molecule has 0 unspecified atom stereocenters.